The van der Waals surface area contributed by atoms with Gasteiger partial charge in [-0.15, -0.1) is 11.3 Å². The van der Waals surface area contributed by atoms with E-state index in [2.05, 4.69) is 55.4 Å². The second kappa shape index (κ2) is 4.96. The highest BCUT2D eigenvalue weighted by Gasteiger charge is 2.19. The summed E-state index contributed by atoms with van der Waals surface area (Å²) < 4.78 is 7.54. The van der Waals surface area contributed by atoms with Crippen LogP contribution in [0.1, 0.15) is 17.4 Å². The standard InChI is InChI=1S/C9H8BrIN2OS/c10-6-1-2-14-9(6)8(13-12)5-3-7(11)15-4-5/h1-4,8,13H,12H2. The zero-order valence-electron chi connectivity index (χ0n) is 7.54. The Morgan fingerprint density at radius 2 is 2.40 bits per heavy atom. The molecule has 3 N–H and O–H groups in total. The quantitative estimate of drug-likeness (QED) is 0.474. The van der Waals surface area contributed by atoms with Gasteiger partial charge in [-0.1, -0.05) is 0 Å². The summed E-state index contributed by atoms with van der Waals surface area (Å²) in [5.41, 5.74) is 3.87. The molecule has 15 heavy (non-hydrogen) atoms. The lowest BCUT2D eigenvalue weighted by atomic mass is 10.1. The third-order valence-corrected chi connectivity index (χ3v) is 4.46. The van der Waals surface area contributed by atoms with Gasteiger partial charge in [-0.25, -0.2) is 5.43 Å². The molecule has 0 bridgehead atoms. The first-order valence-corrected chi connectivity index (χ1v) is 6.90. The third kappa shape index (κ3) is 2.44. The van der Waals surface area contributed by atoms with E-state index in [1.807, 2.05) is 6.07 Å². The van der Waals surface area contributed by atoms with Gasteiger partial charge in [-0.2, -0.15) is 0 Å². The van der Waals surface area contributed by atoms with E-state index in [0.29, 0.717) is 0 Å². The lowest BCUT2D eigenvalue weighted by Crippen LogP contribution is -2.28. The van der Waals surface area contributed by atoms with Crippen LogP contribution in [0.3, 0.4) is 0 Å². The minimum Gasteiger partial charge on any atom is -0.466 e. The molecule has 0 aliphatic heterocycles. The predicted octanol–water partition coefficient (Wildman–Crippen LogP) is 3.26. The fourth-order valence-corrected chi connectivity index (χ4v) is 3.14. The fraction of sp³-hybridized carbons (Fsp3) is 0.111. The molecule has 1 atom stereocenters. The monoisotopic (exact) mass is 398 g/mol. The van der Waals surface area contributed by atoms with E-state index in [4.69, 9.17) is 10.3 Å². The summed E-state index contributed by atoms with van der Waals surface area (Å²) in [6.07, 6.45) is 1.64. The molecule has 0 radical (unpaired) electrons. The molecular formula is C9H8BrIN2OS. The molecule has 2 aromatic heterocycles. The molecule has 2 aromatic rings. The molecule has 0 saturated heterocycles. The lowest BCUT2D eigenvalue weighted by Gasteiger charge is -2.12. The number of furan rings is 1. The van der Waals surface area contributed by atoms with E-state index in [9.17, 15) is 0 Å². The smallest absolute Gasteiger partial charge is 0.140 e. The van der Waals surface area contributed by atoms with Gasteiger partial charge in [0.15, 0.2) is 0 Å². The normalized spacial score (nSPS) is 13.0. The summed E-state index contributed by atoms with van der Waals surface area (Å²) in [4.78, 5) is 0. The van der Waals surface area contributed by atoms with E-state index in [1.54, 1.807) is 17.6 Å². The minimum atomic E-state index is -0.103. The third-order valence-electron chi connectivity index (χ3n) is 1.99. The Hall–Kier alpha value is 0.110. The first kappa shape index (κ1) is 11.6. The topological polar surface area (TPSA) is 51.2 Å². The predicted molar refractivity (Wildman–Crippen MR) is 72.6 cm³/mol. The Morgan fingerprint density at radius 3 is 2.87 bits per heavy atom. The number of nitrogens with one attached hydrogen (secondary N) is 1. The first-order valence-electron chi connectivity index (χ1n) is 4.15. The van der Waals surface area contributed by atoms with Gasteiger partial charge < -0.3 is 4.42 Å². The van der Waals surface area contributed by atoms with E-state index in [1.165, 1.54) is 2.88 Å². The number of rotatable bonds is 3. The Balaban J connectivity index is 2.36. The van der Waals surface area contributed by atoms with E-state index in [0.717, 1.165) is 15.8 Å². The van der Waals surface area contributed by atoms with E-state index >= 15 is 0 Å². The van der Waals surface area contributed by atoms with Gasteiger partial charge in [0.2, 0.25) is 0 Å². The van der Waals surface area contributed by atoms with Crippen molar-refractivity contribution in [1.29, 1.82) is 0 Å². The maximum atomic E-state index is 5.55. The van der Waals surface area contributed by atoms with Crippen LogP contribution in [0.4, 0.5) is 0 Å². The van der Waals surface area contributed by atoms with Gasteiger partial charge in [0.1, 0.15) is 11.8 Å². The molecule has 0 aromatic carbocycles. The van der Waals surface area contributed by atoms with E-state index in [-0.39, 0.29) is 6.04 Å². The molecule has 0 spiro atoms. The SMILES string of the molecule is NNC(c1csc(I)c1)c1occc1Br. The van der Waals surface area contributed by atoms with E-state index < -0.39 is 0 Å². The maximum absolute atomic E-state index is 5.55. The minimum absolute atomic E-state index is 0.103. The molecule has 3 nitrogen and oxygen atoms in total. The molecule has 0 fully saturated rings. The number of nitrogens with two attached hydrogens (primary N) is 1. The van der Waals surface area contributed by atoms with Crippen molar-refractivity contribution in [3.05, 3.63) is 42.5 Å². The fourth-order valence-electron chi connectivity index (χ4n) is 1.31. The van der Waals surface area contributed by atoms with Gasteiger partial charge in [0.25, 0.3) is 0 Å². The molecule has 6 heteroatoms. The van der Waals surface area contributed by atoms with Crippen LogP contribution in [0, 0.1) is 2.88 Å². The second-order valence-corrected chi connectivity index (χ2v) is 6.58. The van der Waals surface area contributed by atoms with Crippen LogP contribution in [0.15, 0.2) is 32.7 Å². The lowest BCUT2D eigenvalue weighted by molar-refractivity contribution is 0.450. The molecule has 1 unspecified atom stereocenters. The van der Waals surface area contributed by atoms with Crippen LogP contribution >= 0.6 is 49.9 Å². The largest absolute Gasteiger partial charge is 0.466 e. The molecule has 2 heterocycles. The van der Waals surface area contributed by atoms with Gasteiger partial charge >= 0.3 is 0 Å². The molecule has 0 aliphatic rings. The number of hydrogen-bond donors (Lipinski definition) is 2. The van der Waals surface area contributed by atoms with Crippen LogP contribution in [0.5, 0.6) is 0 Å². The van der Waals surface area contributed by atoms with Crippen molar-refractivity contribution in [3.8, 4) is 0 Å². The Kier molecular flexibility index (Phi) is 3.83. The Morgan fingerprint density at radius 1 is 1.60 bits per heavy atom. The van der Waals surface area contributed by atoms with Crippen molar-refractivity contribution in [2.24, 2.45) is 5.84 Å². The van der Waals surface area contributed by atoms with Crippen molar-refractivity contribution in [2.75, 3.05) is 0 Å². The summed E-state index contributed by atoms with van der Waals surface area (Å²) in [6.45, 7) is 0. The summed E-state index contributed by atoms with van der Waals surface area (Å²) in [5.74, 6) is 6.34. The highest BCUT2D eigenvalue weighted by molar-refractivity contribution is 14.1. The molecule has 0 aliphatic carbocycles. The van der Waals surface area contributed by atoms with Crippen LogP contribution < -0.4 is 11.3 Å². The Labute approximate surface area is 113 Å². The van der Waals surface area contributed by atoms with Crippen LogP contribution in [0.2, 0.25) is 0 Å². The van der Waals surface area contributed by atoms with Crippen molar-refractivity contribution in [2.45, 2.75) is 6.04 Å². The maximum Gasteiger partial charge on any atom is 0.140 e. The van der Waals surface area contributed by atoms with Crippen molar-refractivity contribution in [3.63, 3.8) is 0 Å². The number of hydrazine groups is 1. The summed E-state index contributed by atoms with van der Waals surface area (Å²) in [5, 5.41) is 2.07. The number of hydrogen-bond acceptors (Lipinski definition) is 4. The average Bonchev–Trinajstić information content (AvgIpc) is 2.79. The van der Waals surface area contributed by atoms with Gasteiger partial charge in [-0.05, 0) is 61.6 Å². The second-order valence-electron chi connectivity index (χ2n) is 2.92. The van der Waals surface area contributed by atoms with Gasteiger partial charge in [-0.3, -0.25) is 5.84 Å². The van der Waals surface area contributed by atoms with Crippen molar-refractivity contribution >= 4 is 49.9 Å². The molecule has 2 rings (SSSR count). The van der Waals surface area contributed by atoms with Crippen molar-refractivity contribution < 1.29 is 4.42 Å². The summed E-state index contributed by atoms with van der Waals surface area (Å²) >= 11 is 7.39. The summed E-state index contributed by atoms with van der Waals surface area (Å²) in [7, 11) is 0. The summed E-state index contributed by atoms with van der Waals surface area (Å²) in [6, 6.07) is 3.84. The number of thiophene rings is 1. The average molecular weight is 399 g/mol. The molecular weight excluding hydrogens is 391 g/mol. The van der Waals surface area contributed by atoms with Crippen LogP contribution in [-0.2, 0) is 0 Å². The zero-order valence-corrected chi connectivity index (χ0v) is 12.1. The van der Waals surface area contributed by atoms with Crippen LogP contribution in [0.25, 0.3) is 0 Å². The highest BCUT2D eigenvalue weighted by Crippen LogP contribution is 2.31. The number of halogens is 2. The van der Waals surface area contributed by atoms with Crippen molar-refractivity contribution in [1.82, 2.24) is 5.43 Å². The van der Waals surface area contributed by atoms with Gasteiger partial charge in [0.05, 0.1) is 13.6 Å². The Bertz CT molecular complexity index is 456. The molecule has 80 valence electrons. The van der Waals surface area contributed by atoms with Crippen LogP contribution in [-0.4, -0.2) is 0 Å². The molecule has 0 saturated carbocycles. The zero-order chi connectivity index (χ0) is 10.8. The first-order chi connectivity index (χ1) is 7.22. The highest BCUT2D eigenvalue weighted by atomic mass is 127. The molecule has 0 amide bonds. The van der Waals surface area contributed by atoms with Gasteiger partial charge in [0, 0.05) is 0 Å².